The lowest BCUT2D eigenvalue weighted by molar-refractivity contribution is 0.702. The molecule has 0 aliphatic carbocycles. The summed E-state index contributed by atoms with van der Waals surface area (Å²) >= 11 is 1.85. The van der Waals surface area contributed by atoms with Gasteiger partial charge >= 0.3 is 0 Å². The minimum absolute atomic E-state index is 0.274. The first-order valence-corrected chi connectivity index (χ1v) is 7.94. The first-order valence-electron chi connectivity index (χ1n) is 7.06. The van der Waals surface area contributed by atoms with Crippen LogP contribution in [-0.4, -0.2) is 7.05 Å². The maximum atomic E-state index is 3.50. The van der Waals surface area contributed by atoms with Gasteiger partial charge in [-0.25, -0.2) is 0 Å². The molecule has 0 aliphatic heterocycles. The van der Waals surface area contributed by atoms with Gasteiger partial charge in [0.25, 0.3) is 0 Å². The van der Waals surface area contributed by atoms with Crippen LogP contribution in [0.2, 0.25) is 0 Å². The van der Waals surface area contributed by atoms with E-state index in [-0.39, 0.29) is 6.04 Å². The predicted octanol–water partition coefficient (Wildman–Crippen LogP) is 4.77. The van der Waals surface area contributed by atoms with Crippen LogP contribution in [0.15, 0.2) is 53.9 Å². The molecule has 0 aliphatic rings. The molecule has 3 rings (SSSR count). The monoisotopic (exact) mass is 281 g/mol. The highest BCUT2D eigenvalue weighted by Gasteiger charge is 2.18. The summed E-state index contributed by atoms with van der Waals surface area (Å²) in [6, 6.07) is 17.7. The molecule has 3 aromatic rings. The molecular weight excluding hydrogens is 262 g/mol. The van der Waals surface area contributed by atoms with Gasteiger partial charge in [0.2, 0.25) is 0 Å². The van der Waals surface area contributed by atoms with E-state index in [9.17, 15) is 0 Å². The van der Waals surface area contributed by atoms with Crippen LogP contribution in [0.25, 0.3) is 10.8 Å². The molecule has 1 unspecified atom stereocenters. The van der Waals surface area contributed by atoms with E-state index in [4.69, 9.17) is 0 Å². The van der Waals surface area contributed by atoms with Crippen LogP contribution in [0.3, 0.4) is 0 Å². The van der Waals surface area contributed by atoms with Gasteiger partial charge in [0.05, 0.1) is 6.04 Å². The van der Waals surface area contributed by atoms with E-state index in [1.807, 2.05) is 18.4 Å². The van der Waals surface area contributed by atoms with Crippen molar-refractivity contribution in [3.8, 4) is 0 Å². The number of nitrogens with one attached hydrogen (secondary N) is 1. The number of hydrogen-bond acceptors (Lipinski definition) is 2. The van der Waals surface area contributed by atoms with Crippen molar-refractivity contribution in [3.05, 3.63) is 69.9 Å². The molecule has 0 amide bonds. The standard InChI is InChI=1S/C18H19NS/c1-3-13-11-12-20-18(13)17(19-2)16-10-6-8-14-7-4-5-9-15(14)16/h4-12,17,19H,3H2,1-2H3. The molecule has 0 saturated heterocycles. The van der Waals surface area contributed by atoms with Gasteiger partial charge in [-0.3, -0.25) is 0 Å². The van der Waals surface area contributed by atoms with Crippen LogP contribution in [0, 0.1) is 0 Å². The maximum Gasteiger partial charge on any atom is 0.0677 e. The van der Waals surface area contributed by atoms with Crippen molar-refractivity contribution in [2.24, 2.45) is 0 Å². The Morgan fingerprint density at radius 1 is 1.05 bits per heavy atom. The Morgan fingerprint density at radius 3 is 2.65 bits per heavy atom. The molecule has 1 aromatic heterocycles. The van der Waals surface area contributed by atoms with E-state index in [1.165, 1.54) is 26.8 Å². The summed E-state index contributed by atoms with van der Waals surface area (Å²) < 4.78 is 0. The number of fused-ring (bicyclic) bond motifs is 1. The molecule has 0 radical (unpaired) electrons. The van der Waals surface area contributed by atoms with Crippen molar-refractivity contribution in [3.63, 3.8) is 0 Å². The average Bonchev–Trinajstić information content (AvgIpc) is 2.97. The van der Waals surface area contributed by atoms with Crippen LogP contribution in [0.5, 0.6) is 0 Å². The topological polar surface area (TPSA) is 12.0 Å². The zero-order valence-corrected chi connectivity index (χ0v) is 12.7. The predicted molar refractivity (Wildman–Crippen MR) is 88.5 cm³/mol. The van der Waals surface area contributed by atoms with Crippen molar-refractivity contribution in [2.45, 2.75) is 19.4 Å². The smallest absolute Gasteiger partial charge is 0.0677 e. The third-order valence-corrected chi connectivity index (χ3v) is 4.87. The summed E-state index contributed by atoms with van der Waals surface area (Å²) in [7, 11) is 2.05. The fourth-order valence-corrected chi connectivity index (χ4v) is 3.95. The van der Waals surface area contributed by atoms with Crippen LogP contribution < -0.4 is 5.32 Å². The second-order valence-electron chi connectivity index (χ2n) is 4.95. The Hall–Kier alpha value is -1.64. The molecule has 1 N–H and O–H groups in total. The fourth-order valence-electron chi connectivity index (χ4n) is 2.82. The van der Waals surface area contributed by atoms with Crippen LogP contribution >= 0.6 is 11.3 Å². The molecule has 1 atom stereocenters. The summed E-state index contributed by atoms with van der Waals surface area (Å²) in [5.41, 5.74) is 2.81. The molecule has 0 fully saturated rings. The Kier molecular flexibility index (Phi) is 3.86. The minimum Gasteiger partial charge on any atom is -0.309 e. The molecule has 1 heterocycles. The van der Waals surface area contributed by atoms with E-state index in [0.717, 1.165) is 6.42 Å². The van der Waals surface area contributed by atoms with Crippen LogP contribution in [-0.2, 0) is 6.42 Å². The second-order valence-corrected chi connectivity index (χ2v) is 5.90. The summed E-state index contributed by atoms with van der Waals surface area (Å²) in [5, 5.41) is 8.34. The highest BCUT2D eigenvalue weighted by Crippen LogP contribution is 2.33. The normalized spacial score (nSPS) is 12.7. The van der Waals surface area contributed by atoms with Gasteiger partial charge < -0.3 is 5.32 Å². The number of rotatable bonds is 4. The molecule has 0 saturated carbocycles. The van der Waals surface area contributed by atoms with Gasteiger partial charge in [0.15, 0.2) is 0 Å². The first-order chi connectivity index (χ1) is 9.85. The van der Waals surface area contributed by atoms with E-state index in [1.54, 1.807) is 0 Å². The minimum atomic E-state index is 0.274. The number of aryl methyl sites for hydroxylation is 1. The molecular formula is C18H19NS. The summed E-state index contributed by atoms with van der Waals surface area (Å²) in [6.45, 7) is 2.22. The van der Waals surface area contributed by atoms with Gasteiger partial charge in [0.1, 0.15) is 0 Å². The number of hydrogen-bond donors (Lipinski definition) is 1. The Morgan fingerprint density at radius 2 is 1.85 bits per heavy atom. The average molecular weight is 281 g/mol. The fraction of sp³-hybridized carbons (Fsp3) is 0.222. The van der Waals surface area contributed by atoms with Gasteiger partial charge in [-0.1, -0.05) is 49.4 Å². The lowest BCUT2D eigenvalue weighted by Gasteiger charge is -2.19. The summed E-state index contributed by atoms with van der Waals surface area (Å²) in [4.78, 5) is 1.44. The SMILES string of the molecule is CCc1ccsc1C(NC)c1cccc2ccccc12. The molecule has 1 nitrogen and oxygen atoms in total. The largest absolute Gasteiger partial charge is 0.309 e. The van der Waals surface area contributed by atoms with Crippen molar-refractivity contribution < 1.29 is 0 Å². The molecule has 2 heteroatoms. The Labute approximate surface area is 124 Å². The van der Waals surface area contributed by atoms with Crippen molar-refractivity contribution in [1.82, 2.24) is 5.32 Å². The van der Waals surface area contributed by atoms with Gasteiger partial charge in [-0.2, -0.15) is 0 Å². The first kappa shape index (κ1) is 13.3. The highest BCUT2D eigenvalue weighted by molar-refractivity contribution is 7.10. The van der Waals surface area contributed by atoms with Crippen molar-refractivity contribution in [2.75, 3.05) is 7.05 Å². The molecule has 20 heavy (non-hydrogen) atoms. The number of benzene rings is 2. The van der Waals surface area contributed by atoms with Gasteiger partial charge in [0, 0.05) is 4.88 Å². The van der Waals surface area contributed by atoms with E-state index >= 15 is 0 Å². The maximum absolute atomic E-state index is 3.50. The molecule has 0 bridgehead atoms. The zero-order valence-electron chi connectivity index (χ0n) is 11.9. The van der Waals surface area contributed by atoms with E-state index in [2.05, 4.69) is 66.2 Å². The summed E-state index contributed by atoms with van der Waals surface area (Å²) in [5.74, 6) is 0. The summed E-state index contributed by atoms with van der Waals surface area (Å²) in [6.07, 6.45) is 1.09. The lowest BCUT2D eigenvalue weighted by atomic mass is 9.96. The van der Waals surface area contributed by atoms with E-state index < -0.39 is 0 Å². The van der Waals surface area contributed by atoms with Crippen molar-refractivity contribution >= 4 is 22.1 Å². The Bertz CT molecular complexity index is 709. The van der Waals surface area contributed by atoms with E-state index in [0.29, 0.717) is 0 Å². The lowest BCUT2D eigenvalue weighted by Crippen LogP contribution is -2.18. The van der Waals surface area contributed by atoms with Gasteiger partial charge in [-0.15, -0.1) is 11.3 Å². The second kappa shape index (κ2) is 5.78. The van der Waals surface area contributed by atoms with Crippen LogP contribution in [0.4, 0.5) is 0 Å². The highest BCUT2D eigenvalue weighted by atomic mass is 32.1. The third kappa shape index (κ3) is 2.26. The van der Waals surface area contributed by atoms with Crippen molar-refractivity contribution in [1.29, 1.82) is 0 Å². The Balaban J connectivity index is 2.17. The molecule has 102 valence electrons. The van der Waals surface area contributed by atoms with Gasteiger partial charge in [-0.05, 0) is 46.8 Å². The molecule has 2 aromatic carbocycles. The third-order valence-electron chi connectivity index (χ3n) is 3.85. The zero-order chi connectivity index (χ0) is 13.9. The quantitative estimate of drug-likeness (QED) is 0.726. The van der Waals surface area contributed by atoms with Crippen LogP contribution in [0.1, 0.15) is 29.0 Å². The number of thiophene rings is 1. The molecule has 0 spiro atoms.